The molecule has 0 heterocycles. The fraction of sp³-hybridized carbons (Fsp3) is 0.889. The Balaban J connectivity index is 1.66. The van der Waals surface area contributed by atoms with E-state index < -0.39 is 0 Å². The van der Waals surface area contributed by atoms with Gasteiger partial charge in [-0.25, -0.2) is 0 Å². The third-order valence-electron chi connectivity index (χ3n) is 7.83. The molecule has 2 rings (SSSR count). The van der Waals surface area contributed by atoms with Crippen LogP contribution in [0.3, 0.4) is 0 Å². The molecule has 0 N–H and O–H groups in total. The van der Waals surface area contributed by atoms with E-state index in [1.54, 1.807) is 0 Å². The number of nitrogens with zero attached hydrogens (tertiary/aromatic N) is 1. The highest BCUT2D eigenvalue weighted by Crippen LogP contribution is 2.46. The largest absolute Gasteiger partial charge is 0.197 e. The molecule has 0 aliphatic heterocycles. The Labute approximate surface area is 176 Å². The van der Waals surface area contributed by atoms with Crippen molar-refractivity contribution in [2.45, 2.75) is 129 Å². The Morgan fingerprint density at radius 1 is 0.786 bits per heavy atom. The number of rotatable bonds is 12. The summed E-state index contributed by atoms with van der Waals surface area (Å²) in [7, 11) is 0. The zero-order chi connectivity index (χ0) is 20.1. The summed E-state index contributed by atoms with van der Waals surface area (Å²) in [5, 5.41) is 9.81. The first kappa shape index (κ1) is 23.5. The molecule has 2 saturated carbocycles. The summed E-state index contributed by atoms with van der Waals surface area (Å²) in [5.41, 5.74) is -0.140. The SMILES string of the molecule is CCCCCC=C[C@]1(C#N)CC[C@@H](C2CCC(CCCCCCC)CC2)CC1. The highest BCUT2D eigenvalue weighted by molar-refractivity contribution is 5.14. The molecule has 0 atom stereocenters. The van der Waals surface area contributed by atoms with E-state index in [-0.39, 0.29) is 5.41 Å². The number of unbranched alkanes of at least 4 members (excludes halogenated alkanes) is 7. The molecule has 2 aliphatic carbocycles. The Kier molecular flexibility index (Phi) is 11.3. The quantitative estimate of drug-likeness (QED) is 0.243. The molecule has 2 fully saturated rings. The lowest BCUT2D eigenvalue weighted by atomic mass is 9.64. The van der Waals surface area contributed by atoms with Crippen LogP contribution in [-0.2, 0) is 0 Å². The molecule has 0 bridgehead atoms. The van der Waals surface area contributed by atoms with Crippen molar-refractivity contribution in [3.05, 3.63) is 12.2 Å². The highest BCUT2D eigenvalue weighted by Gasteiger charge is 2.37. The molecule has 0 unspecified atom stereocenters. The van der Waals surface area contributed by atoms with Crippen molar-refractivity contribution in [3.63, 3.8) is 0 Å². The third kappa shape index (κ3) is 7.93. The van der Waals surface area contributed by atoms with E-state index in [4.69, 9.17) is 0 Å². The van der Waals surface area contributed by atoms with Crippen LogP contribution >= 0.6 is 0 Å². The maximum Gasteiger partial charge on any atom is 0.0753 e. The van der Waals surface area contributed by atoms with Crippen molar-refractivity contribution in [2.24, 2.45) is 23.2 Å². The van der Waals surface area contributed by atoms with Crippen LogP contribution < -0.4 is 0 Å². The molecule has 0 spiro atoms. The molecule has 0 radical (unpaired) electrons. The van der Waals surface area contributed by atoms with Gasteiger partial charge in [0.2, 0.25) is 0 Å². The van der Waals surface area contributed by atoms with E-state index in [0.717, 1.165) is 37.0 Å². The zero-order valence-corrected chi connectivity index (χ0v) is 19.1. The minimum atomic E-state index is -0.140. The first-order valence-corrected chi connectivity index (χ1v) is 12.8. The summed E-state index contributed by atoms with van der Waals surface area (Å²) in [4.78, 5) is 0. The van der Waals surface area contributed by atoms with Crippen molar-refractivity contribution in [3.8, 4) is 6.07 Å². The standard InChI is InChI=1S/C27H47N/c1-3-5-7-9-11-13-24-14-16-25(17-15-24)26-18-21-27(23-28,22-19-26)20-12-10-8-6-4-2/h12,20,24-26H,3-11,13-19,21-22H2,1-2H3/t24?,25?,26-,27+. The van der Waals surface area contributed by atoms with E-state index in [1.165, 1.54) is 96.3 Å². The van der Waals surface area contributed by atoms with E-state index >= 15 is 0 Å². The van der Waals surface area contributed by atoms with Gasteiger partial charge in [0.25, 0.3) is 0 Å². The lowest BCUT2D eigenvalue weighted by Gasteiger charge is -2.39. The minimum absolute atomic E-state index is 0.140. The van der Waals surface area contributed by atoms with Crippen LogP contribution in [0.4, 0.5) is 0 Å². The van der Waals surface area contributed by atoms with Crippen molar-refractivity contribution in [2.75, 3.05) is 0 Å². The predicted octanol–water partition coefficient (Wildman–Crippen LogP) is 8.99. The predicted molar refractivity (Wildman–Crippen MR) is 122 cm³/mol. The second-order valence-electron chi connectivity index (χ2n) is 9.99. The maximum absolute atomic E-state index is 9.81. The van der Waals surface area contributed by atoms with Gasteiger partial charge in [0, 0.05) is 0 Å². The second-order valence-corrected chi connectivity index (χ2v) is 9.99. The second kappa shape index (κ2) is 13.5. The van der Waals surface area contributed by atoms with Crippen LogP contribution in [-0.4, -0.2) is 0 Å². The van der Waals surface area contributed by atoms with Crippen LogP contribution in [0, 0.1) is 34.5 Å². The summed E-state index contributed by atoms with van der Waals surface area (Å²) in [6, 6.07) is 2.69. The van der Waals surface area contributed by atoms with Crippen LogP contribution in [0.2, 0.25) is 0 Å². The normalized spacial score (nSPS) is 31.1. The lowest BCUT2D eigenvalue weighted by molar-refractivity contribution is 0.136. The Bertz CT molecular complexity index is 455. The Morgan fingerprint density at radius 2 is 1.39 bits per heavy atom. The Morgan fingerprint density at radius 3 is 2.04 bits per heavy atom. The summed E-state index contributed by atoms with van der Waals surface area (Å²) in [5.74, 6) is 2.88. The van der Waals surface area contributed by atoms with Gasteiger partial charge < -0.3 is 0 Å². The first-order chi connectivity index (χ1) is 13.7. The van der Waals surface area contributed by atoms with Gasteiger partial charge >= 0.3 is 0 Å². The number of allylic oxidation sites excluding steroid dienone is 2. The minimum Gasteiger partial charge on any atom is -0.197 e. The topological polar surface area (TPSA) is 23.8 Å². The summed E-state index contributed by atoms with van der Waals surface area (Å²) in [6.07, 6.45) is 29.0. The van der Waals surface area contributed by atoms with E-state index in [9.17, 15) is 5.26 Å². The molecular weight excluding hydrogens is 338 g/mol. The van der Waals surface area contributed by atoms with Crippen LogP contribution in [0.15, 0.2) is 12.2 Å². The molecule has 0 aromatic carbocycles. The summed E-state index contributed by atoms with van der Waals surface area (Å²) in [6.45, 7) is 4.56. The fourth-order valence-electron chi connectivity index (χ4n) is 5.75. The molecule has 28 heavy (non-hydrogen) atoms. The van der Waals surface area contributed by atoms with Crippen LogP contribution in [0.5, 0.6) is 0 Å². The van der Waals surface area contributed by atoms with Gasteiger partial charge in [-0.05, 0) is 69.1 Å². The van der Waals surface area contributed by atoms with E-state index in [0.29, 0.717) is 0 Å². The van der Waals surface area contributed by atoms with Gasteiger partial charge in [-0.3, -0.25) is 0 Å². The smallest absolute Gasteiger partial charge is 0.0753 e. The number of hydrogen-bond donors (Lipinski definition) is 0. The average molecular weight is 386 g/mol. The average Bonchev–Trinajstić information content (AvgIpc) is 2.74. The van der Waals surface area contributed by atoms with Crippen LogP contribution in [0.1, 0.15) is 129 Å². The van der Waals surface area contributed by atoms with Gasteiger partial charge in [-0.2, -0.15) is 5.26 Å². The number of nitriles is 1. The van der Waals surface area contributed by atoms with Gasteiger partial charge in [-0.1, -0.05) is 90.2 Å². The Hall–Kier alpha value is -0.770. The highest BCUT2D eigenvalue weighted by atomic mass is 14.4. The lowest BCUT2D eigenvalue weighted by Crippen LogP contribution is -2.30. The van der Waals surface area contributed by atoms with Gasteiger partial charge in [-0.15, -0.1) is 0 Å². The summed E-state index contributed by atoms with van der Waals surface area (Å²) < 4.78 is 0. The molecule has 0 saturated heterocycles. The van der Waals surface area contributed by atoms with Crippen molar-refractivity contribution < 1.29 is 0 Å². The monoisotopic (exact) mass is 385 g/mol. The molecule has 1 nitrogen and oxygen atoms in total. The molecule has 1 heteroatoms. The molecular formula is C27H47N. The van der Waals surface area contributed by atoms with Gasteiger partial charge in [0.1, 0.15) is 0 Å². The van der Waals surface area contributed by atoms with Crippen molar-refractivity contribution in [1.29, 1.82) is 5.26 Å². The van der Waals surface area contributed by atoms with E-state index in [1.807, 2.05) is 0 Å². The first-order valence-electron chi connectivity index (χ1n) is 12.8. The summed E-state index contributed by atoms with van der Waals surface area (Å²) >= 11 is 0. The molecule has 160 valence electrons. The van der Waals surface area contributed by atoms with E-state index in [2.05, 4.69) is 32.1 Å². The fourth-order valence-corrected chi connectivity index (χ4v) is 5.75. The molecule has 0 aromatic rings. The third-order valence-corrected chi connectivity index (χ3v) is 7.83. The van der Waals surface area contributed by atoms with Crippen molar-refractivity contribution >= 4 is 0 Å². The number of hydrogen-bond acceptors (Lipinski definition) is 1. The molecule has 0 amide bonds. The van der Waals surface area contributed by atoms with Gasteiger partial charge in [0.05, 0.1) is 11.5 Å². The molecule has 2 aliphatic rings. The van der Waals surface area contributed by atoms with Crippen LogP contribution in [0.25, 0.3) is 0 Å². The molecule has 0 aromatic heterocycles. The van der Waals surface area contributed by atoms with Gasteiger partial charge in [0.15, 0.2) is 0 Å². The zero-order valence-electron chi connectivity index (χ0n) is 19.1. The maximum atomic E-state index is 9.81. The van der Waals surface area contributed by atoms with Crippen molar-refractivity contribution in [1.82, 2.24) is 0 Å².